The van der Waals surface area contributed by atoms with E-state index in [2.05, 4.69) is 23.6 Å². The van der Waals surface area contributed by atoms with Gasteiger partial charge in [-0.1, -0.05) is 11.6 Å². The molecule has 90 valence electrons. The van der Waals surface area contributed by atoms with Crippen molar-refractivity contribution in [3.8, 4) is 0 Å². The van der Waals surface area contributed by atoms with E-state index in [0.717, 1.165) is 11.4 Å². The lowest BCUT2D eigenvalue weighted by atomic mass is 10.1. The van der Waals surface area contributed by atoms with Crippen LogP contribution >= 0.6 is 11.6 Å². The van der Waals surface area contributed by atoms with E-state index in [1.54, 1.807) is 0 Å². The lowest BCUT2D eigenvalue weighted by Crippen LogP contribution is -2.09. The van der Waals surface area contributed by atoms with Crippen LogP contribution in [0.15, 0.2) is 18.2 Å². The maximum atomic E-state index is 6.09. The predicted octanol–water partition coefficient (Wildman–Crippen LogP) is 3.44. The molecule has 0 atom stereocenters. The standard InChI is InChI=1S/C14H17ClN2/c1-9-12-8-10(15)2-5-14(12)17(11-3-4-11)13(9)6-7-16/h2,5,8,11H,3-4,6-7,16H2,1H3. The van der Waals surface area contributed by atoms with Crippen molar-refractivity contribution >= 4 is 22.5 Å². The highest BCUT2D eigenvalue weighted by Crippen LogP contribution is 2.41. The number of halogens is 1. The molecule has 0 aliphatic heterocycles. The molecule has 2 aromatic rings. The van der Waals surface area contributed by atoms with Gasteiger partial charge in [-0.25, -0.2) is 0 Å². The van der Waals surface area contributed by atoms with Crippen molar-refractivity contribution < 1.29 is 0 Å². The Morgan fingerprint density at radius 2 is 2.18 bits per heavy atom. The van der Waals surface area contributed by atoms with Crippen molar-refractivity contribution in [2.24, 2.45) is 5.73 Å². The van der Waals surface area contributed by atoms with Crippen LogP contribution in [0.2, 0.25) is 5.02 Å². The van der Waals surface area contributed by atoms with Crippen LogP contribution in [-0.2, 0) is 6.42 Å². The Bertz CT molecular complexity index is 567. The summed E-state index contributed by atoms with van der Waals surface area (Å²) in [5.74, 6) is 0. The Hall–Kier alpha value is -0.990. The largest absolute Gasteiger partial charge is 0.341 e. The van der Waals surface area contributed by atoms with Crippen molar-refractivity contribution in [1.29, 1.82) is 0 Å². The molecule has 0 spiro atoms. The molecule has 0 bridgehead atoms. The summed E-state index contributed by atoms with van der Waals surface area (Å²) >= 11 is 6.09. The average molecular weight is 249 g/mol. The Balaban J connectivity index is 2.28. The van der Waals surface area contributed by atoms with E-state index in [-0.39, 0.29) is 0 Å². The molecule has 17 heavy (non-hydrogen) atoms. The first-order chi connectivity index (χ1) is 8.22. The van der Waals surface area contributed by atoms with Crippen LogP contribution in [0, 0.1) is 6.92 Å². The minimum absolute atomic E-state index is 0.689. The molecule has 1 aromatic carbocycles. The monoisotopic (exact) mass is 248 g/mol. The molecule has 2 N–H and O–H groups in total. The van der Waals surface area contributed by atoms with Gasteiger partial charge < -0.3 is 10.3 Å². The molecule has 1 aliphatic carbocycles. The summed E-state index contributed by atoms with van der Waals surface area (Å²) in [4.78, 5) is 0. The smallest absolute Gasteiger partial charge is 0.0488 e. The third-order valence-corrected chi connectivity index (χ3v) is 3.87. The van der Waals surface area contributed by atoms with Gasteiger partial charge in [0.2, 0.25) is 0 Å². The second kappa shape index (κ2) is 4.04. The van der Waals surface area contributed by atoms with E-state index in [4.69, 9.17) is 17.3 Å². The fraction of sp³-hybridized carbons (Fsp3) is 0.429. The summed E-state index contributed by atoms with van der Waals surface area (Å²) < 4.78 is 2.48. The quantitative estimate of drug-likeness (QED) is 0.886. The molecule has 1 aromatic heterocycles. The van der Waals surface area contributed by atoms with Gasteiger partial charge in [-0.15, -0.1) is 0 Å². The molecule has 0 saturated heterocycles. The highest BCUT2D eigenvalue weighted by atomic mass is 35.5. The van der Waals surface area contributed by atoms with Gasteiger partial charge in [0.15, 0.2) is 0 Å². The first kappa shape index (κ1) is 11.1. The normalized spacial score (nSPS) is 15.7. The van der Waals surface area contributed by atoms with Crippen LogP contribution in [0.4, 0.5) is 0 Å². The van der Waals surface area contributed by atoms with Gasteiger partial charge in [0.1, 0.15) is 0 Å². The van der Waals surface area contributed by atoms with Crippen LogP contribution < -0.4 is 5.73 Å². The van der Waals surface area contributed by atoms with Gasteiger partial charge in [-0.3, -0.25) is 0 Å². The first-order valence-corrected chi connectivity index (χ1v) is 6.59. The second-order valence-corrected chi connectivity index (χ2v) is 5.31. The zero-order valence-electron chi connectivity index (χ0n) is 10.0. The molecule has 0 amide bonds. The van der Waals surface area contributed by atoms with Crippen molar-refractivity contribution in [2.75, 3.05) is 6.54 Å². The summed E-state index contributed by atoms with van der Waals surface area (Å²) in [7, 11) is 0. The third-order valence-electron chi connectivity index (χ3n) is 3.64. The van der Waals surface area contributed by atoms with Crippen LogP contribution in [-0.4, -0.2) is 11.1 Å². The summed E-state index contributed by atoms with van der Waals surface area (Å²) in [5, 5.41) is 2.10. The number of hydrogen-bond donors (Lipinski definition) is 1. The predicted molar refractivity (Wildman–Crippen MR) is 72.7 cm³/mol. The summed E-state index contributed by atoms with van der Waals surface area (Å²) in [6, 6.07) is 6.89. The number of benzene rings is 1. The van der Waals surface area contributed by atoms with Gasteiger partial charge >= 0.3 is 0 Å². The first-order valence-electron chi connectivity index (χ1n) is 6.21. The summed E-state index contributed by atoms with van der Waals surface area (Å²) in [6.07, 6.45) is 3.54. The van der Waals surface area contributed by atoms with Crippen LogP contribution in [0.25, 0.3) is 10.9 Å². The molecule has 3 rings (SSSR count). The molecule has 0 unspecified atom stereocenters. The van der Waals surface area contributed by atoms with E-state index in [1.165, 1.54) is 35.0 Å². The molecule has 1 heterocycles. The Morgan fingerprint density at radius 3 is 2.82 bits per heavy atom. The maximum absolute atomic E-state index is 6.09. The van der Waals surface area contributed by atoms with Crippen molar-refractivity contribution in [3.05, 3.63) is 34.5 Å². The fourth-order valence-electron chi connectivity index (χ4n) is 2.69. The van der Waals surface area contributed by atoms with Crippen LogP contribution in [0.5, 0.6) is 0 Å². The van der Waals surface area contributed by atoms with E-state index in [0.29, 0.717) is 12.6 Å². The fourth-order valence-corrected chi connectivity index (χ4v) is 2.87. The summed E-state index contributed by atoms with van der Waals surface area (Å²) in [6.45, 7) is 2.89. The van der Waals surface area contributed by atoms with Gasteiger partial charge in [-0.2, -0.15) is 0 Å². The Morgan fingerprint density at radius 1 is 1.41 bits per heavy atom. The number of hydrogen-bond acceptors (Lipinski definition) is 1. The van der Waals surface area contributed by atoms with Gasteiger partial charge in [0.25, 0.3) is 0 Å². The number of aryl methyl sites for hydroxylation is 1. The zero-order chi connectivity index (χ0) is 12.0. The lowest BCUT2D eigenvalue weighted by molar-refractivity contribution is 0.711. The Kier molecular flexibility index (Phi) is 2.64. The molecule has 0 radical (unpaired) electrons. The third kappa shape index (κ3) is 1.76. The zero-order valence-corrected chi connectivity index (χ0v) is 10.8. The molecule has 2 nitrogen and oxygen atoms in total. The van der Waals surface area contributed by atoms with Gasteiger partial charge in [0, 0.05) is 34.1 Å². The van der Waals surface area contributed by atoms with E-state index in [9.17, 15) is 0 Å². The van der Waals surface area contributed by atoms with E-state index in [1.807, 2.05) is 6.07 Å². The molecule has 1 aliphatic rings. The van der Waals surface area contributed by atoms with Gasteiger partial charge in [0.05, 0.1) is 0 Å². The Labute approximate surface area is 106 Å². The van der Waals surface area contributed by atoms with Crippen molar-refractivity contribution in [2.45, 2.75) is 32.2 Å². The van der Waals surface area contributed by atoms with E-state index >= 15 is 0 Å². The topological polar surface area (TPSA) is 30.9 Å². The lowest BCUT2D eigenvalue weighted by Gasteiger charge is -2.09. The van der Waals surface area contributed by atoms with Crippen molar-refractivity contribution in [1.82, 2.24) is 4.57 Å². The highest BCUT2D eigenvalue weighted by Gasteiger charge is 2.28. The minimum atomic E-state index is 0.689. The average Bonchev–Trinajstić information content (AvgIpc) is 3.10. The number of nitrogens with two attached hydrogens (primary N) is 1. The molecular weight excluding hydrogens is 232 g/mol. The molecular formula is C14H17ClN2. The SMILES string of the molecule is Cc1c(CCN)n(C2CC2)c2ccc(Cl)cc12. The second-order valence-electron chi connectivity index (χ2n) is 4.87. The molecule has 1 fully saturated rings. The molecule has 3 heteroatoms. The maximum Gasteiger partial charge on any atom is 0.0488 e. The summed E-state index contributed by atoms with van der Waals surface area (Å²) in [5.41, 5.74) is 9.79. The van der Waals surface area contributed by atoms with Crippen LogP contribution in [0.1, 0.15) is 30.1 Å². The van der Waals surface area contributed by atoms with Crippen molar-refractivity contribution in [3.63, 3.8) is 0 Å². The minimum Gasteiger partial charge on any atom is -0.341 e. The number of rotatable bonds is 3. The number of nitrogens with zero attached hydrogens (tertiary/aromatic N) is 1. The van der Waals surface area contributed by atoms with Crippen LogP contribution in [0.3, 0.4) is 0 Å². The number of aromatic nitrogens is 1. The van der Waals surface area contributed by atoms with E-state index < -0.39 is 0 Å². The number of fused-ring (bicyclic) bond motifs is 1. The van der Waals surface area contributed by atoms with Gasteiger partial charge in [-0.05, 0) is 50.1 Å². The highest BCUT2D eigenvalue weighted by molar-refractivity contribution is 6.31. The molecule has 1 saturated carbocycles.